The number of hydrogen-bond donors (Lipinski definition) is 0. The first-order valence-corrected chi connectivity index (χ1v) is 11.3. The topological polar surface area (TPSA) is 41.9 Å². The van der Waals surface area contributed by atoms with Crippen molar-refractivity contribution in [2.75, 3.05) is 6.54 Å². The third-order valence-electron chi connectivity index (χ3n) is 5.19. The van der Waals surface area contributed by atoms with Gasteiger partial charge in [-0.05, 0) is 63.1 Å². The normalized spacial score (nSPS) is 10.9. The number of nitroso groups, excluding NO2 is 1. The van der Waals surface area contributed by atoms with Crippen molar-refractivity contribution in [3.63, 3.8) is 0 Å². The van der Waals surface area contributed by atoms with Crippen LogP contribution < -0.4 is 4.74 Å². The van der Waals surface area contributed by atoms with Crippen LogP contribution in [-0.2, 0) is 13.0 Å². The van der Waals surface area contributed by atoms with Gasteiger partial charge in [0.05, 0.1) is 5.76 Å². The second kappa shape index (κ2) is 13.8. The molecule has 0 N–H and O–H groups in total. The molecule has 0 heterocycles. The van der Waals surface area contributed by atoms with Gasteiger partial charge in [-0.3, -0.25) is 4.90 Å². The van der Waals surface area contributed by atoms with Crippen LogP contribution in [0, 0.1) is 10.8 Å². The monoisotopic (exact) mass is 424 g/mol. The van der Waals surface area contributed by atoms with Crippen molar-refractivity contribution in [1.29, 1.82) is 0 Å². The molecule has 170 valence electrons. The average molecular weight is 425 g/mol. The first-order valence-electron chi connectivity index (χ1n) is 11.3. The smallest absolute Gasteiger partial charge is 0.130 e. The maximum Gasteiger partial charge on any atom is 0.130 e. The van der Waals surface area contributed by atoms with Crippen LogP contribution >= 0.6 is 0 Å². The zero-order valence-electron chi connectivity index (χ0n) is 20.4. The van der Waals surface area contributed by atoms with Crippen molar-refractivity contribution >= 4 is 0 Å². The fourth-order valence-corrected chi connectivity index (χ4v) is 3.44. The Morgan fingerprint density at radius 3 is 2.03 bits per heavy atom. The summed E-state index contributed by atoms with van der Waals surface area (Å²) in [5.41, 5.74) is 3.12. The lowest BCUT2D eigenvalue weighted by Gasteiger charge is -2.28. The molecule has 0 saturated carbocycles. The van der Waals surface area contributed by atoms with E-state index in [9.17, 15) is 4.91 Å². The van der Waals surface area contributed by atoms with Gasteiger partial charge in [0.1, 0.15) is 12.3 Å². The van der Waals surface area contributed by atoms with Crippen LogP contribution in [0.5, 0.6) is 5.75 Å². The van der Waals surface area contributed by atoms with E-state index in [2.05, 4.69) is 63.4 Å². The SMILES string of the molecule is C=C(Oc1ccc(CN=O)cc1Cc1ccccc1)C(C)C.CCN(C(C)C)C(C)C. The van der Waals surface area contributed by atoms with E-state index < -0.39 is 0 Å². The third-order valence-corrected chi connectivity index (χ3v) is 5.19. The molecule has 4 heteroatoms. The zero-order valence-corrected chi connectivity index (χ0v) is 20.4. The lowest BCUT2D eigenvalue weighted by Crippen LogP contribution is -2.36. The molecule has 2 aromatic carbocycles. The summed E-state index contributed by atoms with van der Waals surface area (Å²) in [5, 5.41) is 2.96. The Morgan fingerprint density at radius 1 is 0.968 bits per heavy atom. The molecule has 0 amide bonds. The molecule has 0 spiro atoms. The molecule has 0 bridgehead atoms. The highest BCUT2D eigenvalue weighted by Gasteiger charge is 2.11. The van der Waals surface area contributed by atoms with Crippen molar-refractivity contribution in [3.8, 4) is 5.75 Å². The minimum atomic E-state index is 0.174. The molecule has 0 aromatic heterocycles. The maximum absolute atomic E-state index is 10.5. The Bertz CT molecular complexity index is 790. The predicted molar refractivity (Wildman–Crippen MR) is 132 cm³/mol. The number of hydrogen-bond acceptors (Lipinski definition) is 4. The summed E-state index contributed by atoms with van der Waals surface area (Å²) in [7, 11) is 0. The third kappa shape index (κ3) is 9.48. The Morgan fingerprint density at radius 2 is 1.58 bits per heavy atom. The summed E-state index contributed by atoms with van der Waals surface area (Å²) in [6.07, 6.45) is 0.744. The number of nitrogens with zero attached hydrogens (tertiary/aromatic N) is 2. The van der Waals surface area contributed by atoms with E-state index in [0.717, 1.165) is 35.6 Å². The molecule has 0 atom stereocenters. The van der Waals surface area contributed by atoms with Gasteiger partial charge in [0.25, 0.3) is 0 Å². The van der Waals surface area contributed by atoms with Crippen LogP contribution in [-0.4, -0.2) is 23.5 Å². The average Bonchev–Trinajstić information content (AvgIpc) is 2.71. The van der Waals surface area contributed by atoms with Gasteiger partial charge in [-0.25, -0.2) is 0 Å². The summed E-state index contributed by atoms with van der Waals surface area (Å²) < 4.78 is 5.91. The second-order valence-electron chi connectivity index (χ2n) is 8.63. The van der Waals surface area contributed by atoms with Crippen molar-refractivity contribution < 1.29 is 4.74 Å². The molecule has 2 aromatic rings. The van der Waals surface area contributed by atoms with E-state index in [-0.39, 0.29) is 12.5 Å². The van der Waals surface area contributed by atoms with Crippen molar-refractivity contribution in [1.82, 2.24) is 4.90 Å². The van der Waals surface area contributed by atoms with E-state index in [1.165, 1.54) is 5.56 Å². The molecule has 0 aliphatic rings. The van der Waals surface area contributed by atoms with Gasteiger partial charge in [0.2, 0.25) is 0 Å². The molecule has 0 fully saturated rings. The largest absolute Gasteiger partial charge is 0.462 e. The van der Waals surface area contributed by atoms with Crippen LogP contribution in [0.4, 0.5) is 0 Å². The minimum absolute atomic E-state index is 0.174. The highest BCUT2D eigenvalue weighted by molar-refractivity contribution is 5.41. The van der Waals surface area contributed by atoms with Crippen molar-refractivity contribution in [2.24, 2.45) is 11.1 Å². The van der Waals surface area contributed by atoms with E-state index in [4.69, 9.17) is 4.74 Å². The first-order chi connectivity index (χ1) is 14.7. The number of allylic oxidation sites excluding steroid dienone is 1. The summed E-state index contributed by atoms with van der Waals surface area (Å²) in [6, 6.07) is 17.3. The minimum Gasteiger partial charge on any atom is -0.462 e. The lowest BCUT2D eigenvalue weighted by molar-refractivity contribution is 0.185. The lowest BCUT2D eigenvalue weighted by atomic mass is 10.0. The van der Waals surface area contributed by atoms with Gasteiger partial charge in [0.15, 0.2) is 0 Å². The van der Waals surface area contributed by atoms with E-state index in [1.807, 2.05) is 50.2 Å². The summed E-state index contributed by atoms with van der Waals surface area (Å²) in [6.45, 7) is 20.6. The molecule has 4 nitrogen and oxygen atoms in total. The van der Waals surface area contributed by atoms with E-state index >= 15 is 0 Å². The molecule has 2 rings (SSSR count). The van der Waals surface area contributed by atoms with Gasteiger partial charge in [-0.15, -0.1) is 0 Å². The fourth-order valence-electron chi connectivity index (χ4n) is 3.44. The highest BCUT2D eigenvalue weighted by atomic mass is 16.5. The molecule has 0 radical (unpaired) electrons. The highest BCUT2D eigenvalue weighted by Crippen LogP contribution is 2.26. The van der Waals surface area contributed by atoms with Gasteiger partial charge in [-0.2, -0.15) is 4.91 Å². The molecular weight excluding hydrogens is 384 g/mol. The Balaban J connectivity index is 0.000000452. The van der Waals surface area contributed by atoms with E-state index in [1.54, 1.807) is 0 Å². The molecule has 0 unspecified atom stereocenters. The number of rotatable bonds is 10. The molecule has 0 saturated heterocycles. The summed E-state index contributed by atoms with van der Waals surface area (Å²) in [5.74, 6) is 1.77. The van der Waals surface area contributed by atoms with Crippen LogP contribution in [0.3, 0.4) is 0 Å². The van der Waals surface area contributed by atoms with Gasteiger partial charge in [-0.1, -0.05) is 68.9 Å². The molecular formula is C27H40N2O2. The molecule has 0 aliphatic carbocycles. The Hall–Kier alpha value is -2.46. The van der Waals surface area contributed by atoms with Gasteiger partial charge in [0, 0.05) is 24.4 Å². The van der Waals surface area contributed by atoms with Crippen LogP contribution in [0.25, 0.3) is 0 Å². The quantitative estimate of drug-likeness (QED) is 0.299. The number of benzene rings is 2. The summed E-state index contributed by atoms with van der Waals surface area (Å²) >= 11 is 0. The van der Waals surface area contributed by atoms with E-state index in [0.29, 0.717) is 12.1 Å². The van der Waals surface area contributed by atoms with Crippen LogP contribution in [0.15, 0.2) is 66.0 Å². The Labute approximate surface area is 189 Å². The molecule has 0 aliphatic heterocycles. The second-order valence-corrected chi connectivity index (χ2v) is 8.63. The standard InChI is InChI=1S/C19H21NO2.C8H19N/c1-14(2)15(3)22-19-10-9-17(13-20-21)12-18(19)11-16-7-5-4-6-8-16;1-6-9(7(2)3)8(4)5/h4-10,12,14H,3,11,13H2,1-2H3;7-8H,6H2,1-5H3. The summed E-state index contributed by atoms with van der Waals surface area (Å²) in [4.78, 5) is 13.0. The van der Waals surface area contributed by atoms with Crippen LogP contribution in [0.2, 0.25) is 0 Å². The van der Waals surface area contributed by atoms with Crippen molar-refractivity contribution in [3.05, 3.63) is 82.5 Å². The van der Waals surface area contributed by atoms with Gasteiger partial charge >= 0.3 is 0 Å². The van der Waals surface area contributed by atoms with Crippen LogP contribution in [0.1, 0.15) is 65.2 Å². The van der Waals surface area contributed by atoms with Gasteiger partial charge < -0.3 is 4.74 Å². The predicted octanol–water partition coefficient (Wildman–Crippen LogP) is 7.22. The first kappa shape index (κ1) is 26.6. The zero-order chi connectivity index (χ0) is 23.4. The number of ether oxygens (including phenoxy) is 1. The fraction of sp³-hybridized carbons (Fsp3) is 0.481. The van der Waals surface area contributed by atoms with Crippen molar-refractivity contribution in [2.45, 2.75) is 73.5 Å². The Kier molecular flexibility index (Phi) is 11.8. The molecule has 31 heavy (non-hydrogen) atoms. The maximum atomic E-state index is 10.5.